The molecule has 18 heavy (non-hydrogen) atoms. The Kier molecular flexibility index (Phi) is 4.55. The van der Waals surface area contributed by atoms with Gasteiger partial charge < -0.3 is 15.4 Å². The molecule has 1 aromatic heterocycles. The van der Waals surface area contributed by atoms with Crippen LogP contribution in [0, 0.1) is 12.8 Å². The third kappa shape index (κ3) is 3.21. The minimum Gasteiger partial charge on any atom is -0.384 e. The lowest BCUT2D eigenvalue weighted by Crippen LogP contribution is -2.35. The van der Waals surface area contributed by atoms with Crippen LogP contribution in [0.2, 0.25) is 0 Å². The van der Waals surface area contributed by atoms with Gasteiger partial charge in [0.2, 0.25) is 0 Å². The summed E-state index contributed by atoms with van der Waals surface area (Å²) >= 11 is 0. The molecule has 1 aromatic rings. The van der Waals surface area contributed by atoms with Gasteiger partial charge in [-0.2, -0.15) is 0 Å². The normalized spacial score (nSPS) is 17.2. The van der Waals surface area contributed by atoms with Crippen molar-refractivity contribution in [2.75, 3.05) is 31.7 Å². The molecule has 1 saturated heterocycles. The summed E-state index contributed by atoms with van der Waals surface area (Å²) < 4.78 is 5.23. The number of pyridine rings is 1. The van der Waals surface area contributed by atoms with Gasteiger partial charge >= 0.3 is 0 Å². The highest BCUT2D eigenvalue weighted by molar-refractivity contribution is 5.43. The molecule has 2 N–H and O–H groups in total. The topological polar surface area (TPSA) is 51.4 Å². The predicted octanol–water partition coefficient (Wildman–Crippen LogP) is 1.71. The van der Waals surface area contributed by atoms with Gasteiger partial charge in [0.15, 0.2) is 0 Å². The molecule has 0 amide bonds. The lowest BCUT2D eigenvalue weighted by atomic mass is 9.98. The number of aryl methyl sites for hydroxylation is 1. The Labute approximate surface area is 109 Å². The minimum atomic E-state index is 0.580. The van der Waals surface area contributed by atoms with Crippen molar-refractivity contribution in [1.82, 2.24) is 4.98 Å². The van der Waals surface area contributed by atoms with Crippen molar-refractivity contribution in [2.45, 2.75) is 26.3 Å². The van der Waals surface area contributed by atoms with Gasteiger partial charge in [0, 0.05) is 39.0 Å². The van der Waals surface area contributed by atoms with Gasteiger partial charge in [-0.15, -0.1) is 0 Å². The van der Waals surface area contributed by atoms with E-state index in [2.05, 4.69) is 22.0 Å². The molecule has 0 aliphatic carbocycles. The fourth-order valence-electron chi connectivity index (χ4n) is 2.57. The Hall–Kier alpha value is -1.13. The number of hydrogen-bond acceptors (Lipinski definition) is 4. The molecular formula is C14H23N3O. The van der Waals surface area contributed by atoms with Crippen molar-refractivity contribution in [1.29, 1.82) is 0 Å². The maximum Gasteiger partial charge on any atom is 0.129 e. The highest BCUT2D eigenvalue weighted by Gasteiger charge is 2.20. The number of piperidine rings is 1. The smallest absolute Gasteiger partial charge is 0.129 e. The quantitative estimate of drug-likeness (QED) is 0.882. The Balaban J connectivity index is 2.02. The monoisotopic (exact) mass is 249 g/mol. The van der Waals surface area contributed by atoms with Crippen LogP contribution >= 0.6 is 0 Å². The van der Waals surface area contributed by atoms with Crippen molar-refractivity contribution in [2.24, 2.45) is 11.7 Å². The first-order valence-electron chi connectivity index (χ1n) is 6.64. The highest BCUT2D eigenvalue weighted by atomic mass is 16.5. The van der Waals surface area contributed by atoms with E-state index in [0.29, 0.717) is 12.5 Å². The summed E-state index contributed by atoms with van der Waals surface area (Å²) in [6.45, 7) is 5.61. The fraction of sp³-hybridized carbons (Fsp3) is 0.643. The Morgan fingerprint density at radius 3 is 2.72 bits per heavy atom. The molecule has 0 atom stereocenters. The van der Waals surface area contributed by atoms with E-state index in [-0.39, 0.29) is 0 Å². The summed E-state index contributed by atoms with van der Waals surface area (Å²) in [7, 11) is 1.78. The summed E-state index contributed by atoms with van der Waals surface area (Å²) in [4.78, 5) is 6.98. The van der Waals surface area contributed by atoms with Crippen LogP contribution in [0.4, 0.5) is 5.82 Å². The third-order valence-corrected chi connectivity index (χ3v) is 3.58. The van der Waals surface area contributed by atoms with Gasteiger partial charge in [-0.25, -0.2) is 4.98 Å². The van der Waals surface area contributed by atoms with E-state index in [9.17, 15) is 0 Å². The van der Waals surface area contributed by atoms with Crippen LogP contribution in [0.15, 0.2) is 12.1 Å². The first-order chi connectivity index (χ1) is 8.72. The number of ether oxygens (including phenoxy) is 1. The first kappa shape index (κ1) is 13.3. The number of hydrogen-bond donors (Lipinski definition) is 1. The zero-order valence-electron chi connectivity index (χ0n) is 11.4. The molecule has 0 unspecified atom stereocenters. The summed E-state index contributed by atoms with van der Waals surface area (Å²) in [6, 6.07) is 4.17. The molecule has 4 nitrogen and oxygen atoms in total. The zero-order chi connectivity index (χ0) is 13.0. The number of nitrogens with zero attached hydrogens (tertiary/aromatic N) is 2. The van der Waals surface area contributed by atoms with Crippen LogP contribution < -0.4 is 10.6 Å². The largest absolute Gasteiger partial charge is 0.384 e. The maximum absolute atomic E-state index is 5.72. The number of rotatable bonds is 4. The third-order valence-electron chi connectivity index (χ3n) is 3.58. The highest BCUT2D eigenvalue weighted by Crippen LogP contribution is 2.23. The Morgan fingerprint density at radius 2 is 2.11 bits per heavy atom. The maximum atomic E-state index is 5.72. The summed E-state index contributed by atoms with van der Waals surface area (Å²) in [6.07, 6.45) is 2.36. The van der Waals surface area contributed by atoms with Crippen LogP contribution in [-0.2, 0) is 11.3 Å². The summed E-state index contributed by atoms with van der Waals surface area (Å²) in [5.74, 6) is 1.77. The lowest BCUT2D eigenvalue weighted by Gasteiger charge is -2.32. The van der Waals surface area contributed by atoms with Crippen LogP contribution in [0.3, 0.4) is 0 Å². The molecule has 4 heteroatoms. The molecular weight excluding hydrogens is 226 g/mol. The lowest BCUT2D eigenvalue weighted by molar-refractivity contribution is 0.139. The number of methoxy groups -OCH3 is 1. The molecule has 1 aliphatic heterocycles. The van der Waals surface area contributed by atoms with Gasteiger partial charge in [0.1, 0.15) is 5.82 Å². The predicted molar refractivity (Wildman–Crippen MR) is 73.7 cm³/mol. The van der Waals surface area contributed by atoms with E-state index >= 15 is 0 Å². The number of anilines is 1. The second-order valence-corrected chi connectivity index (χ2v) is 5.06. The van der Waals surface area contributed by atoms with Gasteiger partial charge in [-0.05, 0) is 43.4 Å². The van der Waals surface area contributed by atoms with Gasteiger partial charge in [-0.1, -0.05) is 0 Å². The number of nitrogens with two attached hydrogens (primary N) is 1. The van der Waals surface area contributed by atoms with E-state index < -0.39 is 0 Å². The van der Waals surface area contributed by atoms with Crippen LogP contribution in [0.1, 0.15) is 24.1 Å². The summed E-state index contributed by atoms with van der Waals surface area (Å²) in [5, 5.41) is 0. The Morgan fingerprint density at radius 1 is 1.39 bits per heavy atom. The molecule has 2 rings (SSSR count). The Bertz CT molecular complexity index is 387. The molecule has 2 heterocycles. The van der Waals surface area contributed by atoms with E-state index in [0.717, 1.165) is 36.8 Å². The average Bonchev–Trinajstić information content (AvgIpc) is 2.39. The standard InChI is InChI=1S/C14H23N3O/c1-11-7-13(9-15)8-14(16-11)17-5-3-12(4-6-17)10-18-2/h7-8,12H,3-6,9-10,15H2,1-2H3. The molecule has 0 radical (unpaired) electrons. The first-order valence-corrected chi connectivity index (χ1v) is 6.64. The van der Waals surface area contributed by atoms with Crippen molar-refractivity contribution in [3.63, 3.8) is 0 Å². The van der Waals surface area contributed by atoms with Crippen LogP contribution in [0.5, 0.6) is 0 Å². The molecule has 0 spiro atoms. The number of aromatic nitrogens is 1. The van der Waals surface area contributed by atoms with Gasteiger partial charge in [0.25, 0.3) is 0 Å². The van der Waals surface area contributed by atoms with Gasteiger partial charge in [-0.3, -0.25) is 0 Å². The SMILES string of the molecule is COCC1CCN(c2cc(CN)cc(C)n2)CC1. The van der Waals surface area contributed by atoms with Crippen molar-refractivity contribution in [3.8, 4) is 0 Å². The van der Waals surface area contributed by atoms with E-state index in [1.807, 2.05) is 6.92 Å². The second-order valence-electron chi connectivity index (χ2n) is 5.06. The summed E-state index contributed by atoms with van der Waals surface area (Å²) in [5.41, 5.74) is 7.93. The zero-order valence-corrected chi connectivity index (χ0v) is 11.4. The fourth-order valence-corrected chi connectivity index (χ4v) is 2.57. The average molecular weight is 249 g/mol. The van der Waals surface area contributed by atoms with E-state index in [1.54, 1.807) is 7.11 Å². The van der Waals surface area contributed by atoms with Crippen LogP contribution in [-0.4, -0.2) is 31.8 Å². The van der Waals surface area contributed by atoms with Crippen LogP contribution in [0.25, 0.3) is 0 Å². The minimum absolute atomic E-state index is 0.580. The van der Waals surface area contributed by atoms with Crippen molar-refractivity contribution >= 4 is 5.82 Å². The molecule has 0 saturated carbocycles. The molecule has 0 bridgehead atoms. The second kappa shape index (κ2) is 6.16. The van der Waals surface area contributed by atoms with Gasteiger partial charge in [0.05, 0.1) is 0 Å². The van der Waals surface area contributed by atoms with Crippen molar-refractivity contribution < 1.29 is 4.74 Å². The van der Waals surface area contributed by atoms with Crippen molar-refractivity contribution in [3.05, 3.63) is 23.4 Å². The molecule has 1 aliphatic rings. The molecule has 1 fully saturated rings. The molecule has 100 valence electrons. The molecule has 0 aromatic carbocycles. The van der Waals surface area contributed by atoms with E-state index in [4.69, 9.17) is 10.5 Å². The van der Waals surface area contributed by atoms with E-state index in [1.165, 1.54) is 12.8 Å².